The number of benzene rings is 1. The average Bonchev–Trinajstić information content (AvgIpc) is 3.31. The second kappa shape index (κ2) is 8.17. The second-order valence-corrected chi connectivity index (χ2v) is 6.95. The standard InChI is InChI=1S/C20H24N2O4/c1-22(19(23)15-9-10-16(12-15)20(24)25)11-5-8-17-13-18(21-26-17)14-6-3-2-4-7-14/h2-4,6-7,13,15-16H,5,8-12H2,1H3,(H,24,25)/t15-,16+/m1/s1. The maximum atomic E-state index is 12.4. The fourth-order valence-corrected chi connectivity index (χ4v) is 3.52. The van der Waals surface area contributed by atoms with Crippen LogP contribution in [0.15, 0.2) is 40.9 Å². The van der Waals surface area contributed by atoms with Crippen molar-refractivity contribution in [2.24, 2.45) is 11.8 Å². The third-order valence-electron chi connectivity index (χ3n) is 5.05. The van der Waals surface area contributed by atoms with E-state index in [0.717, 1.165) is 23.4 Å². The van der Waals surface area contributed by atoms with E-state index in [1.807, 2.05) is 36.4 Å². The number of carbonyl (C=O) groups excluding carboxylic acids is 1. The molecule has 138 valence electrons. The van der Waals surface area contributed by atoms with Crippen molar-refractivity contribution >= 4 is 11.9 Å². The number of carboxylic acids is 1. The Hall–Kier alpha value is -2.63. The van der Waals surface area contributed by atoms with Gasteiger partial charge in [-0.25, -0.2) is 0 Å². The molecule has 0 bridgehead atoms. The highest BCUT2D eigenvalue weighted by atomic mass is 16.5. The molecule has 0 unspecified atom stereocenters. The van der Waals surface area contributed by atoms with E-state index in [4.69, 9.17) is 9.63 Å². The Morgan fingerprint density at radius 3 is 2.65 bits per heavy atom. The van der Waals surface area contributed by atoms with E-state index >= 15 is 0 Å². The predicted octanol–water partition coefficient (Wildman–Crippen LogP) is 3.23. The van der Waals surface area contributed by atoms with Gasteiger partial charge in [-0.1, -0.05) is 35.5 Å². The van der Waals surface area contributed by atoms with Crippen LogP contribution in [0.1, 0.15) is 31.4 Å². The Morgan fingerprint density at radius 2 is 1.96 bits per heavy atom. The minimum atomic E-state index is -0.789. The van der Waals surface area contributed by atoms with Crippen LogP contribution in [0.2, 0.25) is 0 Å². The SMILES string of the molecule is CN(CCCc1cc(-c2ccccc2)no1)C(=O)[C@@H]1CC[C@H](C(=O)O)C1. The Morgan fingerprint density at radius 1 is 1.23 bits per heavy atom. The number of nitrogens with zero attached hydrogens (tertiary/aromatic N) is 2. The fourth-order valence-electron chi connectivity index (χ4n) is 3.52. The Kier molecular flexibility index (Phi) is 5.71. The van der Waals surface area contributed by atoms with Crippen molar-refractivity contribution in [2.75, 3.05) is 13.6 Å². The molecule has 1 aromatic heterocycles. The van der Waals surface area contributed by atoms with Gasteiger partial charge in [-0.05, 0) is 25.7 Å². The number of aromatic nitrogens is 1. The number of amides is 1. The van der Waals surface area contributed by atoms with Gasteiger partial charge in [0.1, 0.15) is 11.5 Å². The molecule has 1 aliphatic rings. The zero-order valence-electron chi connectivity index (χ0n) is 14.9. The van der Waals surface area contributed by atoms with Crippen molar-refractivity contribution < 1.29 is 19.2 Å². The van der Waals surface area contributed by atoms with E-state index in [9.17, 15) is 9.59 Å². The van der Waals surface area contributed by atoms with Gasteiger partial charge >= 0.3 is 5.97 Å². The smallest absolute Gasteiger partial charge is 0.306 e. The monoisotopic (exact) mass is 356 g/mol. The molecule has 0 radical (unpaired) electrons. The molecule has 2 aromatic rings. The second-order valence-electron chi connectivity index (χ2n) is 6.95. The molecule has 0 spiro atoms. The number of rotatable bonds is 7. The van der Waals surface area contributed by atoms with Crippen LogP contribution in [0, 0.1) is 11.8 Å². The van der Waals surface area contributed by atoms with Crippen molar-refractivity contribution in [2.45, 2.75) is 32.1 Å². The fraction of sp³-hybridized carbons (Fsp3) is 0.450. The molecule has 6 heteroatoms. The van der Waals surface area contributed by atoms with E-state index in [-0.39, 0.29) is 17.7 Å². The van der Waals surface area contributed by atoms with Gasteiger partial charge in [-0.15, -0.1) is 0 Å². The molecule has 1 heterocycles. The highest BCUT2D eigenvalue weighted by Crippen LogP contribution is 2.32. The Balaban J connectivity index is 1.45. The average molecular weight is 356 g/mol. The van der Waals surface area contributed by atoms with Crippen LogP contribution in [0.4, 0.5) is 0 Å². The van der Waals surface area contributed by atoms with E-state index in [0.29, 0.717) is 32.2 Å². The van der Waals surface area contributed by atoms with E-state index in [1.165, 1.54) is 0 Å². The zero-order valence-corrected chi connectivity index (χ0v) is 14.9. The molecule has 2 atom stereocenters. The molecule has 1 aliphatic carbocycles. The maximum Gasteiger partial charge on any atom is 0.306 e. The summed E-state index contributed by atoms with van der Waals surface area (Å²) < 4.78 is 5.38. The largest absolute Gasteiger partial charge is 0.481 e. The summed E-state index contributed by atoms with van der Waals surface area (Å²) >= 11 is 0. The first kappa shape index (κ1) is 18.2. The molecule has 1 N–H and O–H groups in total. The van der Waals surface area contributed by atoms with Gasteiger partial charge in [0.05, 0.1) is 5.92 Å². The quantitative estimate of drug-likeness (QED) is 0.823. The van der Waals surface area contributed by atoms with Crippen LogP contribution in [0.25, 0.3) is 11.3 Å². The topological polar surface area (TPSA) is 83.6 Å². The van der Waals surface area contributed by atoms with Crippen LogP contribution in [-0.2, 0) is 16.0 Å². The lowest BCUT2D eigenvalue weighted by Crippen LogP contribution is -2.33. The summed E-state index contributed by atoms with van der Waals surface area (Å²) in [6.07, 6.45) is 3.21. The highest BCUT2D eigenvalue weighted by molar-refractivity contribution is 5.80. The van der Waals surface area contributed by atoms with Crippen LogP contribution in [0.5, 0.6) is 0 Å². The highest BCUT2D eigenvalue weighted by Gasteiger charge is 2.34. The minimum Gasteiger partial charge on any atom is -0.481 e. The Bertz CT molecular complexity index is 756. The first-order valence-electron chi connectivity index (χ1n) is 9.03. The van der Waals surface area contributed by atoms with Crippen molar-refractivity contribution in [1.29, 1.82) is 0 Å². The van der Waals surface area contributed by atoms with E-state index < -0.39 is 5.97 Å². The minimum absolute atomic E-state index is 0.0521. The van der Waals surface area contributed by atoms with Gasteiger partial charge in [-0.3, -0.25) is 9.59 Å². The summed E-state index contributed by atoms with van der Waals surface area (Å²) in [5, 5.41) is 13.2. The van der Waals surface area contributed by atoms with E-state index in [1.54, 1.807) is 11.9 Å². The number of aliphatic carboxylic acids is 1. The molecule has 0 saturated heterocycles. The maximum absolute atomic E-state index is 12.4. The number of hydrogen-bond donors (Lipinski definition) is 1. The van der Waals surface area contributed by atoms with Crippen molar-refractivity contribution in [3.05, 3.63) is 42.2 Å². The summed E-state index contributed by atoms with van der Waals surface area (Å²) in [6.45, 7) is 0.619. The van der Waals surface area contributed by atoms with Gasteiger partial charge in [0.25, 0.3) is 0 Å². The number of carbonyl (C=O) groups is 2. The lowest BCUT2D eigenvalue weighted by atomic mass is 10.0. The first-order valence-corrected chi connectivity index (χ1v) is 9.03. The lowest BCUT2D eigenvalue weighted by Gasteiger charge is -2.20. The molecule has 1 aromatic carbocycles. The van der Waals surface area contributed by atoms with Crippen molar-refractivity contribution in [3.63, 3.8) is 0 Å². The van der Waals surface area contributed by atoms with Crippen LogP contribution >= 0.6 is 0 Å². The normalized spacial score (nSPS) is 19.4. The number of hydrogen-bond acceptors (Lipinski definition) is 4. The molecular weight excluding hydrogens is 332 g/mol. The summed E-state index contributed by atoms with van der Waals surface area (Å²) in [4.78, 5) is 25.2. The molecule has 1 amide bonds. The van der Waals surface area contributed by atoms with Crippen molar-refractivity contribution in [1.82, 2.24) is 10.1 Å². The summed E-state index contributed by atoms with van der Waals surface area (Å²) in [5.41, 5.74) is 1.83. The van der Waals surface area contributed by atoms with Gasteiger partial charge < -0.3 is 14.5 Å². The third kappa shape index (κ3) is 4.31. The zero-order chi connectivity index (χ0) is 18.5. The van der Waals surface area contributed by atoms with Crippen molar-refractivity contribution in [3.8, 4) is 11.3 Å². The molecule has 3 rings (SSSR count). The molecule has 26 heavy (non-hydrogen) atoms. The number of aryl methyl sites for hydroxylation is 1. The van der Waals surface area contributed by atoms with Gasteiger partial charge in [0.15, 0.2) is 0 Å². The molecule has 0 aliphatic heterocycles. The van der Waals surface area contributed by atoms with E-state index in [2.05, 4.69) is 5.16 Å². The Labute approximate surface area is 152 Å². The summed E-state index contributed by atoms with van der Waals surface area (Å²) in [7, 11) is 1.78. The lowest BCUT2D eigenvalue weighted by molar-refractivity contribution is -0.141. The van der Waals surface area contributed by atoms with Crippen LogP contribution in [0.3, 0.4) is 0 Å². The molecular formula is C20H24N2O4. The summed E-state index contributed by atoms with van der Waals surface area (Å²) in [6, 6.07) is 11.8. The first-order chi connectivity index (χ1) is 12.5. The molecule has 6 nitrogen and oxygen atoms in total. The third-order valence-corrected chi connectivity index (χ3v) is 5.05. The number of carboxylic acid groups (broad SMARTS) is 1. The van der Waals surface area contributed by atoms with Crippen LogP contribution < -0.4 is 0 Å². The summed E-state index contributed by atoms with van der Waals surface area (Å²) in [5.74, 6) is -0.464. The van der Waals surface area contributed by atoms with Gasteiger partial charge in [0.2, 0.25) is 5.91 Å². The van der Waals surface area contributed by atoms with Gasteiger partial charge in [-0.2, -0.15) is 0 Å². The molecule has 1 saturated carbocycles. The molecule has 1 fully saturated rings. The predicted molar refractivity (Wildman–Crippen MR) is 96.4 cm³/mol. The van der Waals surface area contributed by atoms with Gasteiger partial charge in [0, 0.05) is 37.6 Å². The van der Waals surface area contributed by atoms with Crippen LogP contribution in [-0.4, -0.2) is 40.6 Å².